The molecule has 12 heavy (non-hydrogen) atoms. The van der Waals surface area contributed by atoms with Crippen molar-refractivity contribution in [1.29, 1.82) is 0 Å². The maximum Gasteiger partial charge on any atom is 0.0404 e. The maximum atomic E-state index is 5.50. The second-order valence-corrected chi connectivity index (χ2v) is 4.41. The summed E-state index contributed by atoms with van der Waals surface area (Å²) in [6, 6.07) is 0.726. The Kier molecular flexibility index (Phi) is 5.92. The average Bonchev–Trinajstić information content (AvgIpc) is 2.14. The number of alkyl halides is 1. The van der Waals surface area contributed by atoms with Gasteiger partial charge in [-0.3, -0.25) is 0 Å². The molecule has 1 fully saturated rings. The highest BCUT2D eigenvalue weighted by Gasteiger charge is 2.11. The minimum absolute atomic E-state index is 0.626. The van der Waals surface area contributed by atoms with Gasteiger partial charge in [0.1, 0.15) is 0 Å². The molecule has 1 saturated heterocycles. The first-order valence-electron chi connectivity index (χ1n) is 4.45. The van der Waals surface area contributed by atoms with Crippen LogP contribution in [-0.4, -0.2) is 30.0 Å². The zero-order chi connectivity index (χ0) is 8.65. The Labute approximate surface area is 83.9 Å². The Morgan fingerprint density at radius 1 is 1.50 bits per heavy atom. The fourth-order valence-corrected chi connectivity index (χ4v) is 2.52. The molecule has 0 aromatic heterocycles. The lowest BCUT2D eigenvalue weighted by molar-refractivity contribution is 0.535. The largest absolute Gasteiger partial charge is 0.310 e. The van der Waals surface area contributed by atoms with Crippen LogP contribution in [0, 0.1) is 0 Å². The Balaban J connectivity index is 2.01. The number of rotatable bonds is 4. The van der Waals surface area contributed by atoms with Gasteiger partial charge in [-0.05, 0) is 18.6 Å². The van der Waals surface area contributed by atoms with Crippen molar-refractivity contribution in [2.45, 2.75) is 18.9 Å². The fraction of sp³-hybridized carbons (Fsp3) is 0.778. The number of allylic oxidation sites excluding steroid dienone is 1. The Hall–Kier alpha value is 0.340. The molecule has 1 N–H and O–H groups in total. The monoisotopic (exact) mass is 205 g/mol. The third-order valence-corrected chi connectivity index (χ3v) is 3.33. The van der Waals surface area contributed by atoms with Crippen LogP contribution in [-0.2, 0) is 0 Å². The summed E-state index contributed by atoms with van der Waals surface area (Å²) in [5, 5.41) is 3.49. The van der Waals surface area contributed by atoms with Crippen LogP contribution in [0.2, 0.25) is 0 Å². The molecule has 1 nitrogen and oxygen atoms in total. The van der Waals surface area contributed by atoms with E-state index in [1.54, 1.807) is 0 Å². The lowest BCUT2D eigenvalue weighted by atomic mass is 10.2. The van der Waals surface area contributed by atoms with E-state index in [1.165, 1.54) is 24.3 Å². The lowest BCUT2D eigenvalue weighted by Gasteiger charge is -2.21. The van der Waals surface area contributed by atoms with Crippen LogP contribution in [0.15, 0.2) is 12.2 Å². The second kappa shape index (κ2) is 6.81. The third kappa shape index (κ3) is 4.39. The van der Waals surface area contributed by atoms with Crippen molar-refractivity contribution in [3.8, 4) is 0 Å². The van der Waals surface area contributed by atoms with E-state index in [4.69, 9.17) is 11.6 Å². The summed E-state index contributed by atoms with van der Waals surface area (Å²) >= 11 is 7.56. The number of hydrogen-bond donors (Lipinski definition) is 1. The first-order valence-corrected chi connectivity index (χ1v) is 6.14. The number of halogens is 1. The van der Waals surface area contributed by atoms with E-state index in [-0.39, 0.29) is 0 Å². The van der Waals surface area contributed by atoms with E-state index in [0.717, 1.165) is 12.6 Å². The van der Waals surface area contributed by atoms with Crippen molar-refractivity contribution >= 4 is 23.4 Å². The van der Waals surface area contributed by atoms with Gasteiger partial charge in [-0.1, -0.05) is 12.2 Å². The average molecular weight is 206 g/mol. The van der Waals surface area contributed by atoms with Gasteiger partial charge in [0.05, 0.1) is 0 Å². The molecule has 1 heterocycles. The zero-order valence-electron chi connectivity index (χ0n) is 7.26. The molecule has 3 heteroatoms. The van der Waals surface area contributed by atoms with Crippen LogP contribution in [0.1, 0.15) is 12.8 Å². The summed E-state index contributed by atoms with van der Waals surface area (Å²) in [4.78, 5) is 0. The summed E-state index contributed by atoms with van der Waals surface area (Å²) in [5.74, 6) is 3.24. The molecule has 1 aliphatic rings. The van der Waals surface area contributed by atoms with Crippen molar-refractivity contribution in [3.63, 3.8) is 0 Å². The van der Waals surface area contributed by atoms with Crippen LogP contribution < -0.4 is 5.32 Å². The molecule has 0 radical (unpaired) electrons. The zero-order valence-corrected chi connectivity index (χ0v) is 8.83. The quantitative estimate of drug-likeness (QED) is 0.558. The number of thioether (sulfide) groups is 1. The van der Waals surface area contributed by atoms with Gasteiger partial charge < -0.3 is 5.32 Å². The molecule has 0 bridgehead atoms. The van der Waals surface area contributed by atoms with Gasteiger partial charge in [-0.25, -0.2) is 0 Å². The normalized spacial score (nSPS) is 24.9. The van der Waals surface area contributed by atoms with E-state index in [0.29, 0.717) is 5.88 Å². The van der Waals surface area contributed by atoms with Gasteiger partial charge >= 0.3 is 0 Å². The van der Waals surface area contributed by atoms with E-state index in [2.05, 4.69) is 23.2 Å². The van der Waals surface area contributed by atoms with Crippen molar-refractivity contribution in [2.75, 3.05) is 23.9 Å². The molecule has 1 aliphatic heterocycles. The highest BCUT2D eigenvalue weighted by Crippen LogP contribution is 2.16. The van der Waals surface area contributed by atoms with E-state index in [9.17, 15) is 0 Å². The number of nitrogens with one attached hydrogen (secondary N) is 1. The molecule has 0 amide bonds. The molecule has 0 saturated carbocycles. The Bertz CT molecular complexity index is 132. The molecule has 1 unspecified atom stereocenters. The predicted octanol–water partition coefficient (Wildman–Crippen LogP) is 2.27. The molecular formula is C9H16ClNS. The highest BCUT2D eigenvalue weighted by molar-refractivity contribution is 7.99. The molecule has 1 rings (SSSR count). The molecule has 1 atom stereocenters. The molecule has 0 spiro atoms. The van der Waals surface area contributed by atoms with Crippen molar-refractivity contribution < 1.29 is 0 Å². The van der Waals surface area contributed by atoms with Crippen molar-refractivity contribution in [3.05, 3.63) is 12.2 Å². The smallest absolute Gasteiger partial charge is 0.0404 e. The van der Waals surface area contributed by atoms with E-state index < -0.39 is 0 Å². The summed E-state index contributed by atoms with van der Waals surface area (Å²) in [6.45, 7) is 0.970. The van der Waals surface area contributed by atoms with Crippen LogP contribution in [0.3, 0.4) is 0 Å². The molecule has 0 aromatic rings. The summed E-state index contributed by atoms with van der Waals surface area (Å²) in [5.41, 5.74) is 0. The van der Waals surface area contributed by atoms with Gasteiger partial charge in [0.25, 0.3) is 0 Å². The van der Waals surface area contributed by atoms with Gasteiger partial charge in [0.2, 0.25) is 0 Å². The highest BCUT2D eigenvalue weighted by atomic mass is 35.5. The minimum Gasteiger partial charge on any atom is -0.310 e. The molecule has 70 valence electrons. The summed E-state index contributed by atoms with van der Waals surface area (Å²) in [7, 11) is 0. The van der Waals surface area contributed by atoms with Gasteiger partial charge in [0.15, 0.2) is 0 Å². The van der Waals surface area contributed by atoms with E-state index in [1.807, 2.05) is 6.08 Å². The molecule has 0 aliphatic carbocycles. The Morgan fingerprint density at radius 2 is 2.42 bits per heavy atom. The van der Waals surface area contributed by atoms with Crippen LogP contribution in [0.5, 0.6) is 0 Å². The fourth-order valence-electron chi connectivity index (χ4n) is 1.28. The molecule has 0 aromatic carbocycles. The summed E-state index contributed by atoms with van der Waals surface area (Å²) < 4.78 is 0. The third-order valence-electron chi connectivity index (χ3n) is 1.94. The first kappa shape index (κ1) is 10.4. The first-order chi connectivity index (χ1) is 5.93. The maximum absolute atomic E-state index is 5.50. The second-order valence-electron chi connectivity index (χ2n) is 2.95. The predicted molar refractivity (Wildman–Crippen MR) is 58.2 cm³/mol. The standard InChI is InChI=1S/C9H16ClNS/c10-5-1-2-6-11-9-4-3-7-12-8-9/h1-2,9,11H,3-8H2/b2-1+. The van der Waals surface area contributed by atoms with Crippen LogP contribution in [0.25, 0.3) is 0 Å². The summed E-state index contributed by atoms with van der Waals surface area (Å²) in [6.07, 6.45) is 6.79. The minimum atomic E-state index is 0.626. The number of hydrogen-bond acceptors (Lipinski definition) is 2. The van der Waals surface area contributed by atoms with Gasteiger partial charge in [-0.2, -0.15) is 11.8 Å². The lowest BCUT2D eigenvalue weighted by Crippen LogP contribution is -2.33. The topological polar surface area (TPSA) is 12.0 Å². The van der Waals surface area contributed by atoms with Gasteiger partial charge in [-0.15, -0.1) is 11.6 Å². The van der Waals surface area contributed by atoms with Crippen LogP contribution in [0.4, 0.5) is 0 Å². The van der Waals surface area contributed by atoms with E-state index >= 15 is 0 Å². The SMILES string of the molecule is ClC/C=C/CNC1CCCSC1. The van der Waals surface area contributed by atoms with Crippen molar-refractivity contribution in [2.24, 2.45) is 0 Å². The Morgan fingerprint density at radius 3 is 3.08 bits per heavy atom. The van der Waals surface area contributed by atoms with Gasteiger partial charge in [0, 0.05) is 24.2 Å². The van der Waals surface area contributed by atoms with Crippen LogP contribution >= 0.6 is 23.4 Å². The molecular weight excluding hydrogens is 190 g/mol. The van der Waals surface area contributed by atoms with Crippen molar-refractivity contribution in [1.82, 2.24) is 5.32 Å².